The van der Waals surface area contributed by atoms with Gasteiger partial charge in [-0.2, -0.15) is 0 Å². The van der Waals surface area contributed by atoms with E-state index in [2.05, 4.69) is 29.7 Å². The van der Waals surface area contributed by atoms with Gasteiger partial charge >= 0.3 is 0 Å². The molecule has 1 amide bonds. The number of halogens is 1. The lowest BCUT2D eigenvalue weighted by Gasteiger charge is -2.14. The summed E-state index contributed by atoms with van der Waals surface area (Å²) in [5, 5.41) is 6.16. The molecule has 3 nitrogen and oxygen atoms in total. The number of amides is 1. The Morgan fingerprint density at radius 3 is 2.45 bits per heavy atom. The molecule has 2 N–H and O–H groups in total. The third-order valence-corrected chi connectivity index (χ3v) is 3.51. The number of hydrogen-bond donors (Lipinski definition) is 2. The predicted molar refractivity (Wildman–Crippen MR) is 85.7 cm³/mol. The minimum atomic E-state index is -0.269. The molecule has 116 valence electrons. The minimum Gasteiger partial charge on any atom is -0.352 e. The summed E-state index contributed by atoms with van der Waals surface area (Å²) in [4.78, 5) is 11.8. The molecule has 0 spiro atoms. The molecule has 0 saturated heterocycles. The summed E-state index contributed by atoms with van der Waals surface area (Å²) in [7, 11) is 0. The molecule has 2 aromatic carbocycles. The monoisotopic (exact) mass is 300 g/mol. The fourth-order valence-corrected chi connectivity index (χ4v) is 2.15. The molecule has 0 aromatic heterocycles. The van der Waals surface area contributed by atoms with E-state index in [9.17, 15) is 9.18 Å². The van der Waals surface area contributed by atoms with E-state index < -0.39 is 0 Å². The number of nitrogens with one attached hydrogen (secondary N) is 2. The largest absolute Gasteiger partial charge is 0.352 e. The third-order valence-electron chi connectivity index (χ3n) is 3.51. The number of rotatable bonds is 7. The highest BCUT2D eigenvalue weighted by atomic mass is 19.1. The van der Waals surface area contributed by atoms with Gasteiger partial charge in [0.05, 0.1) is 0 Å². The highest BCUT2D eigenvalue weighted by molar-refractivity contribution is 5.76. The quantitative estimate of drug-likeness (QED) is 0.824. The highest BCUT2D eigenvalue weighted by Gasteiger charge is 2.06. The van der Waals surface area contributed by atoms with Crippen LogP contribution in [0.5, 0.6) is 0 Å². The summed E-state index contributed by atoms with van der Waals surface area (Å²) >= 11 is 0. The van der Waals surface area contributed by atoms with E-state index in [1.165, 1.54) is 17.7 Å². The summed E-state index contributed by atoms with van der Waals surface area (Å²) in [5.74, 6) is -0.286. The fraction of sp³-hybridized carbons (Fsp3) is 0.278. The maximum absolute atomic E-state index is 12.8. The van der Waals surface area contributed by atoms with Gasteiger partial charge in [-0.15, -0.1) is 0 Å². The van der Waals surface area contributed by atoms with E-state index in [4.69, 9.17) is 0 Å². The summed E-state index contributed by atoms with van der Waals surface area (Å²) in [6, 6.07) is 16.5. The summed E-state index contributed by atoms with van der Waals surface area (Å²) in [6.45, 7) is 3.12. The first-order valence-electron chi connectivity index (χ1n) is 7.44. The first-order valence-corrected chi connectivity index (χ1v) is 7.44. The van der Waals surface area contributed by atoms with Crippen LogP contribution in [0, 0.1) is 5.82 Å². The molecule has 2 aromatic rings. The average Bonchev–Trinajstić information content (AvgIpc) is 2.55. The van der Waals surface area contributed by atoms with Crippen molar-refractivity contribution in [1.29, 1.82) is 0 Å². The third kappa shape index (κ3) is 5.30. The van der Waals surface area contributed by atoms with Crippen LogP contribution >= 0.6 is 0 Å². The summed E-state index contributed by atoms with van der Waals surface area (Å²) in [5.41, 5.74) is 2.09. The van der Waals surface area contributed by atoms with Gasteiger partial charge < -0.3 is 10.6 Å². The smallest absolute Gasteiger partial charge is 0.221 e. The van der Waals surface area contributed by atoms with Crippen molar-refractivity contribution in [1.82, 2.24) is 10.6 Å². The first kappa shape index (κ1) is 16.2. The molecular weight excluding hydrogens is 279 g/mol. The molecule has 4 heteroatoms. The predicted octanol–water partition coefficient (Wildman–Crippen LogP) is 3.18. The van der Waals surface area contributed by atoms with Crippen LogP contribution in [-0.2, 0) is 11.3 Å². The normalized spacial score (nSPS) is 11.9. The Bertz CT molecular complexity index is 584. The standard InChI is InChI=1S/C18H21FN2O/c1-14(16-5-3-2-4-6-16)20-12-11-18(22)21-13-15-7-9-17(19)10-8-15/h2-10,14,20H,11-13H2,1H3,(H,21,22). The molecule has 0 fully saturated rings. The van der Waals surface area contributed by atoms with Crippen molar-refractivity contribution in [3.8, 4) is 0 Å². The summed E-state index contributed by atoms with van der Waals surface area (Å²) in [6.07, 6.45) is 0.415. The Balaban J connectivity index is 1.66. The molecule has 1 unspecified atom stereocenters. The van der Waals surface area contributed by atoms with Gasteiger partial charge in [0.15, 0.2) is 0 Å². The molecule has 0 saturated carbocycles. The van der Waals surface area contributed by atoms with Crippen LogP contribution in [0.2, 0.25) is 0 Å². The lowest BCUT2D eigenvalue weighted by molar-refractivity contribution is -0.121. The average molecular weight is 300 g/mol. The number of hydrogen-bond acceptors (Lipinski definition) is 2. The van der Waals surface area contributed by atoms with Crippen LogP contribution in [0.15, 0.2) is 54.6 Å². The van der Waals surface area contributed by atoms with E-state index >= 15 is 0 Å². The van der Waals surface area contributed by atoms with E-state index in [0.717, 1.165) is 5.56 Å². The SMILES string of the molecule is CC(NCCC(=O)NCc1ccc(F)cc1)c1ccccc1. The molecule has 0 aliphatic rings. The van der Waals surface area contributed by atoms with Gasteiger partial charge in [-0.3, -0.25) is 4.79 Å². The molecule has 2 rings (SSSR count). The zero-order chi connectivity index (χ0) is 15.8. The van der Waals surface area contributed by atoms with Crippen molar-refractivity contribution in [2.45, 2.75) is 25.9 Å². The van der Waals surface area contributed by atoms with Gasteiger partial charge in [0.25, 0.3) is 0 Å². The Morgan fingerprint density at radius 1 is 1.09 bits per heavy atom. The second-order valence-corrected chi connectivity index (χ2v) is 5.24. The van der Waals surface area contributed by atoms with Gasteiger partial charge in [-0.1, -0.05) is 42.5 Å². The van der Waals surface area contributed by atoms with Crippen LogP contribution < -0.4 is 10.6 Å². The number of carbonyl (C=O) groups is 1. The van der Waals surface area contributed by atoms with Crippen LogP contribution in [0.4, 0.5) is 4.39 Å². The van der Waals surface area contributed by atoms with Gasteiger partial charge in [0.2, 0.25) is 5.91 Å². The van der Waals surface area contributed by atoms with Crippen molar-refractivity contribution in [3.63, 3.8) is 0 Å². The van der Waals surface area contributed by atoms with Crippen molar-refractivity contribution in [3.05, 3.63) is 71.5 Å². The van der Waals surface area contributed by atoms with Crippen molar-refractivity contribution < 1.29 is 9.18 Å². The van der Waals surface area contributed by atoms with E-state index in [1.807, 2.05) is 18.2 Å². The molecule has 0 aliphatic carbocycles. The van der Waals surface area contributed by atoms with Crippen LogP contribution in [0.3, 0.4) is 0 Å². The van der Waals surface area contributed by atoms with Crippen molar-refractivity contribution in [2.75, 3.05) is 6.54 Å². The van der Waals surface area contributed by atoms with Crippen LogP contribution in [0.25, 0.3) is 0 Å². The Labute approximate surface area is 130 Å². The molecule has 1 atom stereocenters. The topological polar surface area (TPSA) is 41.1 Å². The van der Waals surface area contributed by atoms with Gasteiger partial charge in [0.1, 0.15) is 5.82 Å². The summed E-state index contributed by atoms with van der Waals surface area (Å²) < 4.78 is 12.8. The van der Waals surface area contributed by atoms with Crippen LogP contribution in [-0.4, -0.2) is 12.5 Å². The Morgan fingerprint density at radius 2 is 1.77 bits per heavy atom. The maximum atomic E-state index is 12.8. The fourth-order valence-electron chi connectivity index (χ4n) is 2.15. The lowest BCUT2D eigenvalue weighted by atomic mass is 10.1. The number of benzene rings is 2. The molecular formula is C18H21FN2O. The second kappa shape index (κ2) is 8.29. The first-order chi connectivity index (χ1) is 10.6. The molecule has 0 bridgehead atoms. The van der Waals surface area contributed by atoms with Gasteiger partial charge in [-0.25, -0.2) is 4.39 Å². The lowest BCUT2D eigenvalue weighted by Crippen LogP contribution is -2.28. The zero-order valence-corrected chi connectivity index (χ0v) is 12.7. The van der Waals surface area contributed by atoms with Crippen molar-refractivity contribution in [2.24, 2.45) is 0 Å². The van der Waals surface area contributed by atoms with E-state index in [1.54, 1.807) is 12.1 Å². The van der Waals surface area contributed by atoms with Crippen molar-refractivity contribution >= 4 is 5.91 Å². The molecule has 22 heavy (non-hydrogen) atoms. The van der Waals surface area contributed by atoms with Gasteiger partial charge in [0, 0.05) is 25.6 Å². The van der Waals surface area contributed by atoms with Crippen LogP contribution in [0.1, 0.15) is 30.5 Å². The molecule has 0 aliphatic heterocycles. The van der Waals surface area contributed by atoms with Gasteiger partial charge in [-0.05, 0) is 30.2 Å². The highest BCUT2D eigenvalue weighted by Crippen LogP contribution is 2.10. The van der Waals surface area contributed by atoms with E-state index in [0.29, 0.717) is 19.5 Å². The minimum absolute atomic E-state index is 0.0166. The Kier molecular flexibility index (Phi) is 6.10. The molecule has 0 heterocycles. The molecule has 0 radical (unpaired) electrons. The zero-order valence-electron chi connectivity index (χ0n) is 12.7. The maximum Gasteiger partial charge on any atom is 0.221 e. The Hall–Kier alpha value is -2.20. The second-order valence-electron chi connectivity index (χ2n) is 5.24. The number of carbonyl (C=O) groups excluding carboxylic acids is 1. The van der Waals surface area contributed by atoms with E-state index in [-0.39, 0.29) is 17.8 Å².